The van der Waals surface area contributed by atoms with Crippen molar-refractivity contribution >= 4 is 15.9 Å². The number of halogens is 1. The highest BCUT2D eigenvalue weighted by atomic mass is 79.9. The molecule has 0 saturated heterocycles. The molecule has 0 aromatic heterocycles. The maximum absolute atomic E-state index is 5.08. The van der Waals surface area contributed by atoms with E-state index in [-0.39, 0.29) is 0 Å². The van der Waals surface area contributed by atoms with Crippen LogP contribution >= 0.6 is 15.9 Å². The molecule has 1 aliphatic rings. The van der Waals surface area contributed by atoms with E-state index < -0.39 is 0 Å². The van der Waals surface area contributed by atoms with Crippen LogP contribution in [0.5, 0.6) is 0 Å². The van der Waals surface area contributed by atoms with Gasteiger partial charge in [0.05, 0.1) is 6.61 Å². The third-order valence-corrected chi connectivity index (χ3v) is 4.54. The lowest BCUT2D eigenvalue weighted by Crippen LogP contribution is -2.31. The highest BCUT2D eigenvalue weighted by Crippen LogP contribution is 2.55. The van der Waals surface area contributed by atoms with Crippen molar-refractivity contribution in [3.63, 3.8) is 0 Å². The van der Waals surface area contributed by atoms with Crippen molar-refractivity contribution in [2.24, 2.45) is 5.92 Å². The first kappa shape index (κ1) is 14.0. The Balaban J connectivity index is 2.04. The second-order valence-corrected chi connectivity index (χ2v) is 6.06. The van der Waals surface area contributed by atoms with Gasteiger partial charge in [-0.05, 0) is 30.0 Å². The molecule has 0 amide bonds. The van der Waals surface area contributed by atoms with Gasteiger partial charge in [0, 0.05) is 30.1 Å². The first-order valence-corrected chi connectivity index (χ1v) is 7.48. The molecular weight excluding hydrogens is 290 g/mol. The Morgan fingerprint density at radius 2 is 2.33 bits per heavy atom. The van der Waals surface area contributed by atoms with Gasteiger partial charge in [0.15, 0.2) is 0 Å². The van der Waals surface area contributed by atoms with Crippen LogP contribution in [-0.2, 0) is 10.2 Å². The van der Waals surface area contributed by atoms with Crippen molar-refractivity contribution in [3.05, 3.63) is 34.3 Å². The van der Waals surface area contributed by atoms with E-state index in [1.807, 2.05) is 0 Å². The lowest BCUT2D eigenvalue weighted by Gasteiger charge is -2.19. The summed E-state index contributed by atoms with van der Waals surface area (Å²) in [5.74, 6) is 0.821. The molecule has 0 bridgehead atoms. The molecule has 2 atom stereocenters. The molecule has 1 N–H and O–H groups in total. The largest absolute Gasteiger partial charge is 0.383 e. The number of hydrogen-bond acceptors (Lipinski definition) is 2. The Kier molecular flexibility index (Phi) is 4.82. The summed E-state index contributed by atoms with van der Waals surface area (Å²) in [7, 11) is 1.75. The van der Waals surface area contributed by atoms with Crippen LogP contribution in [0.4, 0.5) is 0 Å². The van der Waals surface area contributed by atoms with Crippen molar-refractivity contribution in [1.82, 2.24) is 5.32 Å². The summed E-state index contributed by atoms with van der Waals surface area (Å²) in [6.45, 7) is 5.07. The third kappa shape index (κ3) is 2.95. The van der Waals surface area contributed by atoms with Gasteiger partial charge in [-0.3, -0.25) is 0 Å². The predicted octanol–water partition coefficient (Wildman–Crippen LogP) is 3.35. The Morgan fingerprint density at radius 1 is 1.50 bits per heavy atom. The average molecular weight is 312 g/mol. The molecule has 2 rings (SSSR count). The molecule has 0 aliphatic heterocycles. The molecule has 1 fully saturated rings. The lowest BCUT2D eigenvalue weighted by molar-refractivity contribution is 0.198. The number of benzene rings is 1. The van der Waals surface area contributed by atoms with Gasteiger partial charge in [0.2, 0.25) is 0 Å². The standard InChI is InChI=1S/C15H22BrNO/c1-3-12-10-15(12,11-17-7-8-18-2)13-5-4-6-14(16)9-13/h4-6,9,12,17H,3,7-8,10-11H2,1-2H3. The van der Waals surface area contributed by atoms with Crippen molar-refractivity contribution in [2.45, 2.75) is 25.2 Å². The first-order chi connectivity index (χ1) is 8.73. The van der Waals surface area contributed by atoms with E-state index in [2.05, 4.69) is 52.4 Å². The lowest BCUT2D eigenvalue weighted by atomic mass is 9.92. The fraction of sp³-hybridized carbons (Fsp3) is 0.600. The van der Waals surface area contributed by atoms with Gasteiger partial charge in [0.25, 0.3) is 0 Å². The predicted molar refractivity (Wildman–Crippen MR) is 79.0 cm³/mol. The monoisotopic (exact) mass is 311 g/mol. The van der Waals surface area contributed by atoms with E-state index in [0.717, 1.165) is 25.6 Å². The SMILES string of the molecule is CCC1CC1(CNCCOC)c1cccc(Br)c1. The van der Waals surface area contributed by atoms with Crippen LogP contribution in [0, 0.1) is 5.92 Å². The Bertz CT molecular complexity index is 396. The van der Waals surface area contributed by atoms with Crippen LogP contribution in [0.2, 0.25) is 0 Å². The van der Waals surface area contributed by atoms with Gasteiger partial charge in [-0.2, -0.15) is 0 Å². The minimum absolute atomic E-state index is 0.353. The maximum atomic E-state index is 5.08. The van der Waals surface area contributed by atoms with Crippen LogP contribution in [0.25, 0.3) is 0 Å². The zero-order valence-corrected chi connectivity index (χ0v) is 12.8. The van der Waals surface area contributed by atoms with Gasteiger partial charge < -0.3 is 10.1 Å². The van der Waals surface area contributed by atoms with E-state index in [1.54, 1.807) is 7.11 Å². The second kappa shape index (κ2) is 6.18. The van der Waals surface area contributed by atoms with E-state index in [4.69, 9.17) is 4.74 Å². The van der Waals surface area contributed by atoms with Crippen molar-refractivity contribution in [1.29, 1.82) is 0 Å². The van der Waals surface area contributed by atoms with Gasteiger partial charge in [-0.1, -0.05) is 41.4 Å². The molecule has 0 radical (unpaired) electrons. The molecule has 0 heterocycles. The quantitative estimate of drug-likeness (QED) is 0.780. The van der Waals surface area contributed by atoms with Crippen LogP contribution < -0.4 is 5.32 Å². The van der Waals surface area contributed by atoms with Gasteiger partial charge in [-0.25, -0.2) is 0 Å². The summed E-state index contributed by atoms with van der Waals surface area (Å²) in [5, 5.41) is 3.53. The number of methoxy groups -OCH3 is 1. The topological polar surface area (TPSA) is 21.3 Å². The van der Waals surface area contributed by atoms with Crippen LogP contribution in [0.1, 0.15) is 25.3 Å². The van der Waals surface area contributed by atoms with Crippen LogP contribution in [0.3, 0.4) is 0 Å². The zero-order chi connectivity index (χ0) is 13.0. The smallest absolute Gasteiger partial charge is 0.0587 e. The van der Waals surface area contributed by atoms with Crippen molar-refractivity contribution in [3.8, 4) is 0 Å². The Morgan fingerprint density at radius 3 is 2.94 bits per heavy atom. The number of ether oxygens (including phenoxy) is 1. The summed E-state index contributed by atoms with van der Waals surface area (Å²) in [4.78, 5) is 0. The van der Waals surface area contributed by atoms with Gasteiger partial charge in [-0.15, -0.1) is 0 Å². The molecule has 18 heavy (non-hydrogen) atoms. The molecular formula is C15H22BrNO. The number of hydrogen-bond donors (Lipinski definition) is 1. The minimum atomic E-state index is 0.353. The molecule has 0 spiro atoms. The van der Waals surface area contributed by atoms with Gasteiger partial charge in [0.1, 0.15) is 0 Å². The fourth-order valence-corrected chi connectivity index (χ4v) is 3.27. The highest BCUT2D eigenvalue weighted by molar-refractivity contribution is 9.10. The molecule has 100 valence electrons. The van der Waals surface area contributed by atoms with Crippen LogP contribution in [0.15, 0.2) is 28.7 Å². The normalized spacial score (nSPS) is 26.3. The van der Waals surface area contributed by atoms with E-state index in [0.29, 0.717) is 5.41 Å². The maximum Gasteiger partial charge on any atom is 0.0587 e. The number of rotatable bonds is 7. The third-order valence-electron chi connectivity index (χ3n) is 4.05. The van der Waals surface area contributed by atoms with E-state index in [9.17, 15) is 0 Å². The molecule has 1 aromatic carbocycles. The molecule has 2 unspecified atom stereocenters. The van der Waals surface area contributed by atoms with Crippen LogP contribution in [-0.4, -0.2) is 26.8 Å². The summed E-state index contributed by atoms with van der Waals surface area (Å²) < 4.78 is 6.26. The fourth-order valence-electron chi connectivity index (χ4n) is 2.87. The summed E-state index contributed by atoms with van der Waals surface area (Å²) in [6, 6.07) is 8.77. The molecule has 2 nitrogen and oxygen atoms in total. The highest BCUT2D eigenvalue weighted by Gasteiger charge is 2.53. The second-order valence-electron chi connectivity index (χ2n) is 5.15. The molecule has 1 aliphatic carbocycles. The van der Waals surface area contributed by atoms with E-state index >= 15 is 0 Å². The van der Waals surface area contributed by atoms with E-state index in [1.165, 1.54) is 22.9 Å². The van der Waals surface area contributed by atoms with Gasteiger partial charge >= 0.3 is 0 Å². The minimum Gasteiger partial charge on any atom is -0.383 e. The van der Waals surface area contributed by atoms with Crippen molar-refractivity contribution in [2.75, 3.05) is 26.8 Å². The zero-order valence-electron chi connectivity index (χ0n) is 11.2. The Hall–Kier alpha value is -0.380. The molecule has 1 aromatic rings. The average Bonchev–Trinajstić information content (AvgIpc) is 3.10. The first-order valence-electron chi connectivity index (χ1n) is 6.68. The summed E-state index contributed by atoms with van der Waals surface area (Å²) in [5.41, 5.74) is 1.82. The van der Waals surface area contributed by atoms with Crippen molar-refractivity contribution < 1.29 is 4.74 Å². The molecule has 3 heteroatoms. The summed E-state index contributed by atoms with van der Waals surface area (Å²) >= 11 is 3.58. The number of nitrogens with one attached hydrogen (secondary N) is 1. The summed E-state index contributed by atoms with van der Waals surface area (Å²) in [6.07, 6.45) is 2.57. The Labute approximate surface area is 118 Å². The molecule has 1 saturated carbocycles.